The molecular weight excluding hydrogens is 240 g/mol. The van der Waals surface area contributed by atoms with E-state index in [0.29, 0.717) is 5.69 Å². The normalized spacial score (nSPS) is 16.6. The highest BCUT2D eigenvalue weighted by molar-refractivity contribution is 6.33. The van der Waals surface area contributed by atoms with Crippen LogP contribution in [0.5, 0.6) is 0 Å². The van der Waals surface area contributed by atoms with E-state index in [4.69, 9.17) is 11.6 Å². The van der Waals surface area contributed by atoms with Crippen molar-refractivity contribution in [3.8, 4) is 0 Å². The SMILES string of the molecule is O=[N+]([O-])c1c(Cl)cccc1N1CCCCCC1. The minimum atomic E-state index is -0.386. The largest absolute Gasteiger partial charge is 0.366 e. The molecule has 0 aliphatic carbocycles. The van der Waals surface area contributed by atoms with Crippen molar-refractivity contribution in [3.05, 3.63) is 33.3 Å². The number of para-hydroxylation sites is 1. The molecule has 1 aromatic rings. The molecule has 17 heavy (non-hydrogen) atoms. The summed E-state index contributed by atoms with van der Waals surface area (Å²) in [6, 6.07) is 5.13. The first-order chi connectivity index (χ1) is 8.20. The van der Waals surface area contributed by atoms with E-state index in [0.717, 1.165) is 25.9 Å². The molecule has 92 valence electrons. The smallest absolute Gasteiger partial charge is 0.310 e. The quantitative estimate of drug-likeness (QED) is 0.598. The molecule has 0 bridgehead atoms. The van der Waals surface area contributed by atoms with Crippen molar-refractivity contribution in [1.82, 2.24) is 0 Å². The molecule has 0 saturated carbocycles. The first kappa shape index (κ1) is 12.2. The van der Waals surface area contributed by atoms with Gasteiger partial charge in [-0.1, -0.05) is 30.5 Å². The molecule has 4 nitrogen and oxygen atoms in total. The Hall–Kier alpha value is -1.29. The second-order valence-electron chi connectivity index (χ2n) is 4.27. The van der Waals surface area contributed by atoms with Crippen LogP contribution in [0.2, 0.25) is 5.02 Å². The molecule has 0 amide bonds. The fourth-order valence-electron chi connectivity index (χ4n) is 2.25. The van der Waals surface area contributed by atoms with Crippen LogP contribution in [0.4, 0.5) is 11.4 Å². The third kappa shape index (κ3) is 2.69. The summed E-state index contributed by atoms with van der Waals surface area (Å²) < 4.78 is 0. The lowest BCUT2D eigenvalue weighted by molar-refractivity contribution is -0.384. The van der Waals surface area contributed by atoms with Gasteiger partial charge < -0.3 is 4.90 Å². The molecule has 0 radical (unpaired) electrons. The number of rotatable bonds is 2. The van der Waals surface area contributed by atoms with Gasteiger partial charge >= 0.3 is 5.69 Å². The first-order valence-corrected chi connectivity index (χ1v) is 6.26. The van der Waals surface area contributed by atoms with Crippen LogP contribution in [0.15, 0.2) is 18.2 Å². The zero-order valence-corrected chi connectivity index (χ0v) is 10.3. The number of nitro groups is 1. The van der Waals surface area contributed by atoms with Gasteiger partial charge in [0.25, 0.3) is 0 Å². The molecule has 0 aromatic heterocycles. The average Bonchev–Trinajstić information content (AvgIpc) is 2.56. The van der Waals surface area contributed by atoms with Crippen LogP contribution in [-0.4, -0.2) is 18.0 Å². The van der Waals surface area contributed by atoms with Crippen molar-refractivity contribution in [1.29, 1.82) is 0 Å². The van der Waals surface area contributed by atoms with E-state index in [1.807, 2.05) is 0 Å². The molecule has 1 fully saturated rings. The molecule has 0 spiro atoms. The lowest BCUT2D eigenvalue weighted by Crippen LogP contribution is -2.24. The standard InChI is InChI=1S/C12H15ClN2O2/c13-10-6-5-7-11(12(10)15(16)17)14-8-3-1-2-4-9-14/h5-7H,1-4,8-9H2. The predicted octanol–water partition coefficient (Wildman–Crippen LogP) is 3.63. The lowest BCUT2D eigenvalue weighted by atomic mass is 10.2. The molecular formula is C12H15ClN2O2. The number of nitrogens with zero attached hydrogens (tertiary/aromatic N) is 2. The lowest BCUT2D eigenvalue weighted by Gasteiger charge is -2.22. The van der Waals surface area contributed by atoms with E-state index < -0.39 is 0 Å². The van der Waals surface area contributed by atoms with Crippen LogP contribution in [0, 0.1) is 10.1 Å². The second kappa shape index (κ2) is 5.36. The summed E-state index contributed by atoms with van der Waals surface area (Å²) in [5.41, 5.74) is 0.695. The number of hydrogen-bond donors (Lipinski definition) is 0. The first-order valence-electron chi connectivity index (χ1n) is 5.88. The monoisotopic (exact) mass is 254 g/mol. The zero-order chi connectivity index (χ0) is 12.3. The van der Waals surface area contributed by atoms with Gasteiger partial charge in [0.2, 0.25) is 0 Å². The Morgan fingerprint density at radius 2 is 1.82 bits per heavy atom. The van der Waals surface area contributed by atoms with Crippen LogP contribution in [0.1, 0.15) is 25.7 Å². The molecule has 1 saturated heterocycles. The number of benzene rings is 1. The van der Waals surface area contributed by atoms with Crippen molar-refractivity contribution in [2.75, 3.05) is 18.0 Å². The van der Waals surface area contributed by atoms with Gasteiger partial charge in [-0.2, -0.15) is 0 Å². The van der Waals surface area contributed by atoms with Crippen LogP contribution >= 0.6 is 11.6 Å². The van der Waals surface area contributed by atoms with Crippen molar-refractivity contribution in [2.45, 2.75) is 25.7 Å². The van der Waals surface area contributed by atoms with Crippen LogP contribution in [0.3, 0.4) is 0 Å². The summed E-state index contributed by atoms with van der Waals surface area (Å²) in [7, 11) is 0. The van der Waals surface area contributed by atoms with Gasteiger partial charge in [-0.3, -0.25) is 10.1 Å². The maximum atomic E-state index is 11.1. The topological polar surface area (TPSA) is 46.4 Å². The molecule has 2 rings (SSSR count). The molecule has 5 heteroatoms. The highest BCUT2D eigenvalue weighted by Crippen LogP contribution is 2.35. The number of hydrogen-bond acceptors (Lipinski definition) is 3. The third-order valence-corrected chi connectivity index (χ3v) is 3.40. The summed E-state index contributed by atoms with van der Waals surface area (Å²) in [5.74, 6) is 0. The second-order valence-corrected chi connectivity index (χ2v) is 4.67. The fourth-order valence-corrected chi connectivity index (χ4v) is 2.49. The fraction of sp³-hybridized carbons (Fsp3) is 0.500. The summed E-state index contributed by atoms with van der Waals surface area (Å²) in [5, 5.41) is 11.3. The van der Waals surface area contributed by atoms with Crippen LogP contribution in [-0.2, 0) is 0 Å². The third-order valence-electron chi connectivity index (χ3n) is 3.09. The van der Waals surface area contributed by atoms with Crippen LogP contribution in [0.25, 0.3) is 0 Å². The van der Waals surface area contributed by atoms with Crippen LogP contribution < -0.4 is 4.90 Å². The Morgan fingerprint density at radius 3 is 2.41 bits per heavy atom. The van der Waals surface area contributed by atoms with E-state index in [2.05, 4.69) is 4.90 Å². The number of nitro benzene ring substituents is 1. The Labute approximate surface area is 105 Å². The zero-order valence-electron chi connectivity index (χ0n) is 9.56. The Bertz CT molecular complexity index is 415. The summed E-state index contributed by atoms with van der Waals surface area (Å²) in [4.78, 5) is 12.8. The number of anilines is 1. The molecule has 1 aliphatic heterocycles. The minimum absolute atomic E-state index is 0.0380. The summed E-state index contributed by atoms with van der Waals surface area (Å²) in [6.45, 7) is 1.75. The van der Waals surface area contributed by atoms with Gasteiger partial charge in [0.1, 0.15) is 10.7 Å². The molecule has 0 unspecified atom stereocenters. The Morgan fingerprint density at radius 1 is 1.18 bits per heavy atom. The minimum Gasteiger partial charge on any atom is -0.366 e. The summed E-state index contributed by atoms with van der Waals surface area (Å²) >= 11 is 5.92. The Balaban J connectivity index is 2.36. The van der Waals surface area contributed by atoms with E-state index in [1.54, 1.807) is 18.2 Å². The van der Waals surface area contributed by atoms with Crippen molar-refractivity contribution in [2.24, 2.45) is 0 Å². The van der Waals surface area contributed by atoms with Crippen molar-refractivity contribution < 1.29 is 4.92 Å². The molecule has 1 aliphatic rings. The predicted molar refractivity (Wildman–Crippen MR) is 68.8 cm³/mol. The Kier molecular flexibility index (Phi) is 3.84. The van der Waals surface area contributed by atoms with E-state index in [9.17, 15) is 10.1 Å². The van der Waals surface area contributed by atoms with Gasteiger partial charge in [0.15, 0.2) is 0 Å². The van der Waals surface area contributed by atoms with Crippen molar-refractivity contribution >= 4 is 23.0 Å². The maximum absolute atomic E-state index is 11.1. The highest BCUT2D eigenvalue weighted by atomic mass is 35.5. The van der Waals surface area contributed by atoms with Gasteiger partial charge in [-0.25, -0.2) is 0 Å². The van der Waals surface area contributed by atoms with E-state index >= 15 is 0 Å². The van der Waals surface area contributed by atoms with Crippen molar-refractivity contribution in [3.63, 3.8) is 0 Å². The average molecular weight is 255 g/mol. The molecule has 1 aromatic carbocycles. The van der Waals surface area contributed by atoms with E-state index in [1.165, 1.54) is 12.8 Å². The van der Waals surface area contributed by atoms with Gasteiger partial charge in [0, 0.05) is 13.1 Å². The van der Waals surface area contributed by atoms with E-state index in [-0.39, 0.29) is 15.6 Å². The maximum Gasteiger partial charge on any atom is 0.310 e. The molecule has 0 atom stereocenters. The summed E-state index contributed by atoms with van der Waals surface area (Å²) in [6.07, 6.45) is 4.57. The van der Waals surface area contributed by atoms with Gasteiger partial charge in [-0.05, 0) is 25.0 Å². The van der Waals surface area contributed by atoms with Gasteiger partial charge in [-0.15, -0.1) is 0 Å². The number of halogens is 1. The highest BCUT2D eigenvalue weighted by Gasteiger charge is 2.23. The van der Waals surface area contributed by atoms with Gasteiger partial charge in [0.05, 0.1) is 4.92 Å². The molecule has 1 heterocycles. The molecule has 0 N–H and O–H groups in total.